The number of rotatable bonds is 6. The molecule has 0 bridgehead atoms. The molecule has 0 radical (unpaired) electrons. The Balaban J connectivity index is 1.31. The highest BCUT2D eigenvalue weighted by Crippen LogP contribution is 2.56. The van der Waals surface area contributed by atoms with Crippen LogP contribution in [0.5, 0.6) is 0 Å². The lowest BCUT2D eigenvalue weighted by atomic mass is 9.70. The van der Waals surface area contributed by atoms with Crippen molar-refractivity contribution in [1.82, 2.24) is 0 Å². The summed E-state index contributed by atoms with van der Waals surface area (Å²) in [5.41, 5.74) is 10.8. The van der Waals surface area contributed by atoms with Gasteiger partial charge in [-0.1, -0.05) is 148 Å². The Morgan fingerprint density at radius 1 is 0.408 bits per heavy atom. The Hall–Kier alpha value is -4.50. The number of fused-ring (bicyclic) bond motifs is 7. The normalized spacial score (nSPS) is 13.4. The molecular formula is C47H38S2. The maximum atomic E-state index is 5.04. The van der Waals surface area contributed by atoms with Gasteiger partial charge in [-0.15, -0.1) is 25.3 Å². The minimum Gasteiger partial charge on any atom is -0.142 e. The van der Waals surface area contributed by atoms with Crippen molar-refractivity contribution in [3.63, 3.8) is 0 Å². The third kappa shape index (κ3) is 4.47. The Labute approximate surface area is 299 Å². The molecule has 8 aromatic carbocycles. The van der Waals surface area contributed by atoms with Gasteiger partial charge in [-0.05, 0) is 113 Å². The lowest BCUT2D eigenvalue weighted by molar-refractivity contribution is 0.436. The van der Waals surface area contributed by atoms with Crippen molar-refractivity contribution in [2.24, 2.45) is 0 Å². The highest BCUT2D eigenvalue weighted by molar-refractivity contribution is 7.81. The van der Waals surface area contributed by atoms with Gasteiger partial charge in [0.1, 0.15) is 0 Å². The average Bonchev–Trinajstić information content (AvgIpc) is 3.40. The third-order valence-corrected chi connectivity index (χ3v) is 12.1. The molecule has 0 saturated heterocycles. The van der Waals surface area contributed by atoms with Crippen LogP contribution in [-0.2, 0) is 5.41 Å². The van der Waals surface area contributed by atoms with Gasteiger partial charge < -0.3 is 0 Å². The van der Waals surface area contributed by atoms with Crippen molar-refractivity contribution in [3.05, 3.63) is 145 Å². The van der Waals surface area contributed by atoms with E-state index in [9.17, 15) is 0 Å². The number of hydrogen-bond donors (Lipinski definition) is 2. The maximum Gasteiger partial charge on any atom is 0.0215 e. The van der Waals surface area contributed by atoms with Crippen molar-refractivity contribution in [1.29, 1.82) is 0 Å². The first-order valence-electron chi connectivity index (χ1n) is 17.6. The highest BCUT2D eigenvalue weighted by Gasteiger charge is 2.42. The molecule has 49 heavy (non-hydrogen) atoms. The van der Waals surface area contributed by atoms with Crippen molar-refractivity contribution in [2.45, 2.75) is 54.7 Å². The lowest BCUT2D eigenvalue weighted by Gasteiger charge is -2.32. The van der Waals surface area contributed by atoms with Crippen molar-refractivity contribution in [3.8, 4) is 33.4 Å². The minimum atomic E-state index is -0.0651. The zero-order valence-electron chi connectivity index (χ0n) is 27.9. The SMILES string of the molecule is CCCC1(CCC)c2cc(-c3c4ccccc4c(S)c4ccccc34)ccc2-c2ccc(-c3c4ccccc4c(S)c4ccccc34)cc21. The van der Waals surface area contributed by atoms with E-state index in [2.05, 4.69) is 147 Å². The molecule has 0 fully saturated rings. The molecule has 0 aromatic heterocycles. The highest BCUT2D eigenvalue weighted by atomic mass is 32.1. The molecule has 0 N–H and O–H groups in total. The van der Waals surface area contributed by atoms with Crippen LogP contribution in [0.3, 0.4) is 0 Å². The molecule has 0 spiro atoms. The second-order valence-electron chi connectivity index (χ2n) is 13.7. The fraction of sp³-hybridized carbons (Fsp3) is 0.149. The zero-order chi connectivity index (χ0) is 33.3. The first kappa shape index (κ1) is 30.6. The van der Waals surface area contributed by atoms with E-state index in [4.69, 9.17) is 25.3 Å². The molecule has 0 heterocycles. The van der Waals surface area contributed by atoms with Gasteiger partial charge in [0.15, 0.2) is 0 Å². The van der Waals surface area contributed by atoms with E-state index in [0.29, 0.717) is 0 Å². The second kappa shape index (κ2) is 11.8. The summed E-state index contributed by atoms with van der Waals surface area (Å²) >= 11 is 10.1. The van der Waals surface area contributed by atoms with E-state index < -0.39 is 0 Å². The smallest absolute Gasteiger partial charge is 0.0215 e. The fourth-order valence-corrected chi connectivity index (χ4v) is 9.94. The van der Waals surface area contributed by atoms with Crippen molar-refractivity contribution >= 4 is 68.3 Å². The predicted octanol–water partition coefficient (Wildman–Crippen LogP) is 14.1. The van der Waals surface area contributed by atoms with E-state index in [1.54, 1.807) is 0 Å². The van der Waals surface area contributed by atoms with Crippen molar-refractivity contribution in [2.75, 3.05) is 0 Å². The van der Waals surface area contributed by atoms with Crippen LogP contribution in [0.1, 0.15) is 50.7 Å². The van der Waals surface area contributed by atoms with E-state index in [-0.39, 0.29) is 5.41 Å². The number of thiol groups is 2. The van der Waals surface area contributed by atoms with Crippen molar-refractivity contribution < 1.29 is 0 Å². The van der Waals surface area contributed by atoms with Crippen LogP contribution in [0.2, 0.25) is 0 Å². The molecule has 0 unspecified atom stereocenters. The summed E-state index contributed by atoms with van der Waals surface area (Å²) in [4.78, 5) is 2.10. The Morgan fingerprint density at radius 3 is 1.02 bits per heavy atom. The third-order valence-electron chi connectivity index (χ3n) is 11.1. The quantitative estimate of drug-likeness (QED) is 0.128. The van der Waals surface area contributed by atoms with Gasteiger partial charge in [-0.2, -0.15) is 0 Å². The molecule has 0 atom stereocenters. The van der Waals surface area contributed by atoms with Gasteiger partial charge in [0.05, 0.1) is 0 Å². The van der Waals surface area contributed by atoms with E-state index in [0.717, 1.165) is 35.5 Å². The lowest BCUT2D eigenvalue weighted by Crippen LogP contribution is -2.25. The largest absolute Gasteiger partial charge is 0.142 e. The van der Waals surface area contributed by atoms with Gasteiger partial charge in [0, 0.05) is 15.2 Å². The van der Waals surface area contributed by atoms with Crippen LogP contribution in [0.25, 0.3) is 76.5 Å². The molecule has 0 nitrogen and oxygen atoms in total. The summed E-state index contributed by atoms with van der Waals surface area (Å²) in [6, 6.07) is 49.7. The molecule has 1 aliphatic rings. The first-order chi connectivity index (χ1) is 24.1. The summed E-state index contributed by atoms with van der Waals surface area (Å²) in [6.45, 7) is 4.70. The zero-order valence-corrected chi connectivity index (χ0v) is 29.7. The summed E-state index contributed by atoms with van der Waals surface area (Å²) < 4.78 is 0. The van der Waals surface area contributed by atoms with Crippen LogP contribution >= 0.6 is 25.3 Å². The Morgan fingerprint density at radius 2 is 0.714 bits per heavy atom. The predicted molar refractivity (Wildman–Crippen MR) is 218 cm³/mol. The van der Waals surface area contributed by atoms with Crippen LogP contribution in [0.4, 0.5) is 0 Å². The van der Waals surface area contributed by atoms with E-state index in [1.165, 1.54) is 87.6 Å². The van der Waals surface area contributed by atoms with Crippen LogP contribution < -0.4 is 0 Å². The number of benzene rings is 8. The van der Waals surface area contributed by atoms with E-state index >= 15 is 0 Å². The molecule has 2 heteroatoms. The number of hydrogen-bond acceptors (Lipinski definition) is 2. The van der Waals surface area contributed by atoms with Crippen LogP contribution in [-0.4, -0.2) is 0 Å². The maximum absolute atomic E-state index is 5.04. The van der Waals surface area contributed by atoms with Gasteiger partial charge in [0.25, 0.3) is 0 Å². The molecule has 0 saturated carbocycles. The van der Waals surface area contributed by atoms with E-state index in [1.807, 2.05) is 0 Å². The summed E-state index contributed by atoms with van der Waals surface area (Å²) in [6.07, 6.45) is 4.46. The summed E-state index contributed by atoms with van der Waals surface area (Å²) in [5.74, 6) is 0. The van der Waals surface area contributed by atoms with Gasteiger partial charge in [-0.25, -0.2) is 0 Å². The van der Waals surface area contributed by atoms with Gasteiger partial charge in [-0.3, -0.25) is 0 Å². The van der Waals surface area contributed by atoms with Crippen LogP contribution in [0, 0.1) is 0 Å². The van der Waals surface area contributed by atoms with Gasteiger partial charge >= 0.3 is 0 Å². The molecule has 0 amide bonds. The molecule has 1 aliphatic carbocycles. The molecular weight excluding hydrogens is 629 g/mol. The fourth-order valence-electron chi connectivity index (χ4n) is 9.16. The Kier molecular flexibility index (Phi) is 7.38. The monoisotopic (exact) mass is 666 g/mol. The molecule has 8 aromatic rings. The molecule has 9 rings (SSSR count). The first-order valence-corrected chi connectivity index (χ1v) is 18.5. The summed E-state index contributed by atoms with van der Waals surface area (Å²) in [5, 5.41) is 9.83. The van der Waals surface area contributed by atoms with Crippen LogP contribution in [0.15, 0.2) is 143 Å². The second-order valence-corrected chi connectivity index (χ2v) is 14.6. The standard InChI is InChI=1S/C47H38S2/c1-3-25-47(26-4-2)41-27-29(43-33-13-5-9-17-37(33)45(48)38-18-10-6-14-34(38)43)21-23-31(41)32-24-22-30(28-42(32)47)44-35-15-7-11-19-39(35)46(49)40-20-12-8-16-36(40)44/h5-24,27-28,48-49H,3-4,25-26H2,1-2H3. The topological polar surface area (TPSA) is 0 Å². The Bertz CT molecular complexity index is 2310. The summed E-state index contributed by atoms with van der Waals surface area (Å²) in [7, 11) is 0. The molecule has 0 aliphatic heterocycles. The minimum absolute atomic E-state index is 0.0651. The average molecular weight is 667 g/mol. The molecule has 238 valence electrons. The van der Waals surface area contributed by atoms with Gasteiger partial charge in [0.2, 0.25) is 0 Å².